The molecule has 0 aliphatic heterocycles. The van der Waals surface area contributed by atoms with Crippen LogP contribution in [-0.4, -0.2) is 38.5 Å². The number of ether oxygens (including phenoxy) is 1. The third kappa shape index (κ3) is 7.36. The van der Waals surface area contributed by atoms with E-state index in [2.05, 4.69) is 31.2 Å². The monoisotopic (exact) mass is 241 g/mol. The van der Waals surface area contributed by atoms with Crippen molar-refractivity contribution in [3.8, 4) is 0 Å². The van der Waals surface area contributed by atoms with Gasteiger partial charge in [0.1, 0.15) is 18.9 Å². The number of hydrogen-bond donors (Lipinski definition) is 1. The van der Waals surface area contributed by atoms with Crippen LogP contribution in [0.3, 0.4) is 0 Å². The van der Waals surface area contributed by atoms with E-state index in [0.717, 1.165) is 24.8 Å². The van der Waals surface area contributed by atoms with Gasteiger partial charge in [-0.05, 0) is 13.0 Å². The first-order valence-electron chi connectivity index (χ1n) is 5.41. The lowest BCUT2D eigenvalue weighted by Gasteiger charge is -2.20. The molecule has 4 nitrogen and oxygen atoms in total. The van der Waals surface area contributed by atoms with Crippen LogP contribution >= 0.6 is 0 Å². The second kappa shape index (κ2) is 7.35. The quantitative estimate of drug-likeness (QED) is 0.245. The van der Waals surface area contributed by atoms with Crippen molar-refractivity contribution in [1.29, 1.82) is 5.41 Å². The van der Waals surface area contributed by atoms with E-state index in [0.29, 0.717) is 6.73 Å². The average Bonchev–Trinajstić information content (AvgIpc) is 2.16. The Kier molecular flexibility index (Phi) is 6.92. The first-order valence-corrected chi connectivity index (χ1v) is 9.11. The van der Waals surface area contributed by atoms with E-state index in [9.17, 15) is 0 Å². The Morgan fingerprint density at radius 2 is 2.12 bits per heavy atom. The summed E-state index contributed by atoms with van der Waals surface area (Å²) in [6.07, 6.45) is 2.69. The average molecular weight is 241 g/mol. The Hall–Kier alpha value is -0.943. The van der Waals surface area contributed by atoms with Gasteiger partial charge < -0.3 is 9.64 Å². The summed E-state index contributed by atoms with van der Waals surface area (Å²) >= 11 is 0. The minimum absolute atomic E-state index is 0.456. The number of nitrogens with one attached hydrogen (secondary N) is 1. The highest BCUT2D eigenvalue weighted by atomic mass is 28.3. The zero-order valence-electron chi connectivity index (χ0n) is 10.8. The lowest BCUT2D eigenvalue weighted by molar-refractivity contribution is 0.0934. The first kappa shape index (κ1) is 15.1. The van der Waals surface area contributed by atoms with Gasteiger partial charge in [0.25, 0.3) is 0 Å². The van der Waals surface area contributed by atoms with Crippen LogP contribution in [0, 0.1) is 5.41 Å². The van der Waals surface area contributed by atoms with Gasteiger partial charge in [-0.15, -0.1) is 0 Å². The molecule has 0 heterocycles. The van der Waals surface area contributed by atoms with E-state index >= 15 is 0 Å². The predicted molar refractivity (Wildman–Crippen MR) is 72.9 cm³/mol. The molecule has 0 aromatic carbocycles. The highest BCUT2D eigenvalue weighted by Crippen LogP contribution is 2.07. The molecule has 5 heteroatoms. The summed E-state index contributed by atoms with van der Waals surface area (Å²) in [4.78, 5) is 5.65. The highest BCUT2D eigenvalue weighted by molar-refractivity contribution is 6.76. The van der Waals surface area contributed by atoms with Crippen molar-refractivity contribution in [2.24, 2.45) is 4.99 Å². The highest BCUT2D eigenvalue weighted by Gasteiger charge is 2.12. The third-order valence-electron chi connectivity index (χ3n) is 2.11. The van der Waals surface area contributed by atoms with Gasteiger partial charge >= 0.3 is 0 Å². The van der Waals surface area contributed by atoms with Gasteiger partial charge in [-0.1, -0.05) is 26.2 Å². The molecule has 0 unspecified atom stereocenters. The molecule has 0 aromatic heterocycles. The predicted octanol–water partition coefficient (Wildman–Crippen LogP) is 2.77. The first-order chi connectivity index (χ1) is 7.40. The standard InChI is InChI=1S/C11H23N3OSi/c1-6-14(11(2)13-9-12)10-15-7-8-16(3,4)5/h6,9,12H,1,7-8,10H2,2-5H3. The number of rotatable bonds is 7. The molecule has 16 heavy (non-hydrogen) atoms. The van der Waals surface area contributed by atoms with Gasteiger partial charge in [-0.3, -0.25) is 5.41 Å². The molecule has 0 amide bonds. The van der Waals surface area contributed by atoms with Gasteiger partial charge in [-0.25, -0.2) is 4.99 Å². The number of nitrogens with zero attached hydrogens (tertiary/aromatic N) is 2. The van der Waals surface area contributed by atoms with Crippen molar-refractivity contribution in [3.05, 3.63) is 12.8 Å². The van der Waals surface area contributed by atoms with Crippen LogP contribution in [0.1, 0.15) is 6.92 Å². The molecule has 0 aliphatic rings. The van der Waals surface area contributed by atoms with Crippen molar-refractivity contribution in [1.82, 2.24) is 4.90 Å². The summed E-state index contributed by atoms with van der Waals surface area (Å²) in [5.74, 6) is 0.720. The van der Waals surface area contributed by atoms with Crippen LogP contribution in [0.25, 0.3) is 0 Å². The summed E-state index contributed by atoms with van der Waals surface area (Å²) in [6, 6.07) is 1.15. The number of hydrogen-bond acceptors (Lipinski definition) is 2. The van der Waals surface area contributed by atoms with Crippen molar-refractivity contribution < 1.29 is 4.74 Å². The minimum atomic E-state index is -1.02. The number of aliphatic imine (C=N–C) groups is 1. The Labute approximate surface area is 99.5 Å². The fourth-order valence-electron chi connectivity index (χ4n) is 0.987. The smallest absolute Gasteiger partial charge is 0.123 e. The Morgan fingerprint density at radius 3 is 2.56 bits per heavy atom. The van der Waals surface area contributed by atoms with E-state index in [1.807, 2.05) is 6.92 Å². The largest absolute Gasteiger partial charge is 0.361 e. The minimum Gasteiger partial charge on any atom is -0.361 e. The fourth-order valence-corrected chi connectivity index (χ4v) is 1.74. The normalized spacial score (nSPS) is 12.4. The lowest BCUT2D eigenvalue weighted by Crippen LogP contribution is -2.28. The van der Waals surface area contributed by atoms with Crippen LogP contribution < -0.4 is 0 Å². The Balaban J connectivity index is 3.93. The molecule has 0 spiro atoms. The summed E-state index contributed by atoms with van der Waals surface area (Å²) in [7, 11) is -1.02. The zero-order chi connectivity index (χ0) is 12.6. The summed E-state index contributed by atoms with van der Waals surface area (Å²) in [6.45, 7) is 13.7. The molecule has 0 fully saturated rings. The van der Waals surface area contributed by atoms with Crippen molar-refractivity contribution in [2.45, 2.75) is 32.6 Å². The molecular weight excluding hydrogens is 218 g/mol. The SMILES string of the molecule is C=CN(COCC[Si](C)(C)C)C(C)=NC=N. The van der Waals surface area contributed by atoms with E-state index in [1.54, 1.807) is 11.1 Å². The fraction of sp³-hybridized carbons (Fsp3) is 0.636. The maximum atomic E-state index is 6.89. The van der Waals surface area contributed by atoms with Crippen LogP contribution in [0.15, 0.2) is 17.8 Å². The second-order valence-electron chi connectivity index (χ2n) is 4.81. The molecule has 0 radical (unpaired) electrons. The molecule has 92 valence electrons. The number of amidine groups is 1. The molecular formula is C11H23N3OSi. The van der Waals surface area contributed by atoms with E-state index in [4.69, 9.17) is 10.1 Å². The zero-order valence-corrected chi connectivity index (χ0v) is 11.8. The van der Waals surface area contributed by atoms with Crippen molar-refractivity contribution in [3.63, 3.8) is 0 Å². The topological polar surface area (TPSA) is 48.7 Å². The molecule has 0 rings (SSSR count). The maximum Gasteiger partial charge on any atom is 0.123 e. The lowest BCUT2D eigenvalue weighted by atomic mass is 10.6. The van der Waals surface area contributed by atoms with Gasteiger partial charge in [-0.2, -0.15) is 0 Å². The summed E-state index contributed by atoms with van der Waals surface area (Å²) in [5, 5.41) is 6.89. The van der Waals surface area contributed by atoms with Crippen LogP contribution in [-0.2, 0) is 4.74 Å². The molecule has 0 saturated carbocycles. The Morgan fingerprint density at radius 1 is 1.50 bits per heavy atom. The molecule has 1 N–H and O–H groups in total. The Bertz CT molecular complexity index is 258. The van der Waals surface area contributed by atoms with Crippen LogP contribution in [0.2, 0.25) is 25.7 Å². The molecule has 0 bridgehead atoms. The third-order valence-corrected chi connectivity index (χ3v) is 3.82. The van der Waals surface area contributed by atoms with Gasteiger partial charge in [0, 0.05) is 20.9 Å². The van der Waals surface area contributed by atoms with Gasteiger partial charge in [0.2, 0.25) is 0 Å². The maximum absolute atomic E-state index is 6.89. The summed E-state index contributed by atoms with van der Waals surface area (Å²) in [5.41, 5.74) is 0. The van der Waals surface area contributed by atoms with Crippen molar-refractivity contribution >= 4 is 20.2 Å². The van der Waals surface area contributed by atoms with Gasteiger partial charge in [0.05, 0.1) is 0 Å². The second-order valence-corrected chi connectivity index (χ2v) is 10.4. The van der Waals surface area contributed by atoms with Gasteiger partial charge in [0.15, 0.2) is 0 Å². The van der Waals surface area contributed by atoms with E-state index in [1.165, 1.54) is 0 Å². The van der Waals surface area contributed by atoms with Crippen molar-refractivity contribution in [2.75, 3.05) is 13.3 Å². The van der Waals surface area contributed by atoms with Crippen LogP contribution in [0.4, 0.5) is 0 Å². The molecule has 0 aliphatic carbocycles. The van der Waals surface area contributed by atoms with Crippen LogP contribution in [0.5, 0.6) is 0 Å². The summed E-state index contributed by atoms with van der Waals surface area (Å²) < 4.78 is 5.56. The van der Waals surface area contributed by atoms with E-state index in [-0.39, 0.29) is 0 Å². The molecule has 0 saturated heterocycles. The molecule has 0 atom stereocenters. The van der Waals surface area contributed by atoms with E-state index < -0.39 is 8.07 Å². The molecule has 0 aromatic rings.